The summed E-state index contributed by atoms with van der Waals surface area (Å²) >= 11 is 0. The van der Waals surface area contributed by atoms with Crippen LogP contribution in [0.25, 0.3) is 0 Å². The molecule has 0 aromatic heterocycles. The van der Waals surface area contributed by atoms with E-state index in [9.17, 15) is 0 Å². The van der Waals surface area contributed by atoms with Crippen molar-refractivity contribution in [3.63, 3.8) is 0 Å². The minimum Gasteiger partial charge on any atom is -0.299 e. The number of nitrogens with zero attached hydrogens (tertiary/aromatic N) is 1. The van der Waals surface area contributed by atoms with Gasteiger partial charge in [-0.25, -0.2) is 0 Å². The molecule has 0 atom stereocenters. The molecular weight excluding hydrogens is 170 g/mol. The maximum atomic E-state index is 2.48. The van der Waals surface area contributed by atoms with Gasteiger partial charge in [0.15, 0.2) is 0 Å². The first-order chi connectivity index (χ1) is 6.75. The van der Waals surface area contributed by atoms with Crippen LogP contribution in [0.2, 0.25) is 0 Å². The van der Waals surface area contributed by atoms with Gasteiger partial charge in [0.05, 0.1) is 0 Å². The third-order valence-electron chi connectivity index (χ3n) is 3.25. The molecule has 1 heteroatoms. The lowest BCUT2D eigenvalue weighted by molar-refractivity contribution is 0.105. The van der Waals surface area contributed by atoms with Crippen molar-refractivity contribution in [1.82, 2.24) is 4.90 Å². The van der Waals surface area contributed by atoms with Crippen molar-refractivity contribution >= 4 is 0 Å². The van der Waals surface area contributed by atoms with E-state index in [-0.39, 0.29) is 0 Å². The summed E-state index contributed by atoms with van der Waals surface area (Å²) in [6, 6.07) is 11.6. The first kappa shape index (κ1) is 9.72. The maximum absolute atomic E-state index is 2.48. The van der Waals surface area contributed by atoms with Crippen LogP contribution in [0.5, 0.6) is 0 Å². The minimum atomic E-state index is 0.824. The van der Waals surface area contributed by atoms with E-state index in [1.807, 2.05) is 0 Å². The highest BCUT2D eigenvalue weighted by Crippen LogP contribution is 2.30. The van der Waals surface area contributed by atoms with E-state index in [0.717, 1.165) is 18.5 Å². The predicted octanol–water partition coefficient (Wildman–Crippen LogP) is 2.92. The van der Waals surface area contributed by atoms with Gasteiger partial charge in [-0.15, -0.1) is 0 Å². The maximum Gasteiger partial charge on any atom is 0.0233 e. The van der Waals surface area contributed by atoms with E-state index < -0.39 is 0 Å². The molecule has 76 valence electrons. The largest absolute Gasteiger partial charge is 0.299 e. The Morgan fingerprint density at radius 2 is 1.86 bits per heavy atom. The molecule has 0 saturated heterocycles. The van der Waals surface area contributed by atoms with Gasteiger partial charge in [0.1, 0.15) is 0 Å². The Morgan fingerprint density at radius 3 is 2.43 bits per heavy atom. The zero-order valence-electron chi connectivity index (χ0n) is 9.11. The zero-order chi connectivity index (χ0) is 9.97. The third-order valence-corrected chi connectivity index (χ3v) is 3.25. The molecule has 1 saturated carbocycles. The molecule has 1 aromatic carbocycles. The highest BCUT2D eigenvalue weighted by molar-refractivity contribution is 5.14. The Balaban J connectivity index is 1.86. The zero-order valence-corrected chi connectivity index (χ0v) is 9.11. The Labute approximate surface area is 86.7 Å². The molecule has 0 spiro atoms. The van der Waals surface area contributed by atoms with Crippen molar-refractivity contribution in [2.24, 2.45) is 5.92 Å². The lowest BCUT2D eigenvalue weighted by atomic mass is 9.81. The average Bonchev–Trinajstić information content (AvgIpc) is 2.14. The highest BCUT2D eigenvalue weighted by atomic mass is 15.1. The van der Waals surface area contributed by atoms with Gasteiger partial charge < -0.3 is 0 Å². The van der Waals surface area contributed by atoms with Crippen LogP contribution in [0, 0.1) is 5.92 Å². The smallest absolute Gasteiger partial charge is 0.0233 e. The topological polar surface area (TPSA) is 3.24 Å². The second-order valence-corrected chi connectivity index (χ2v) is 4.63. The Morgan fingerprint density at radius 1 is 1.21 bits per heavy atom. The lowest BCUT2D eigenvalue weighted by Crippen LogP contribution is -2.40. The number of benzene rings is 1. The van der Waals surface area contributed by atoms with Gasteiger partial charge in [-0.3, -0.25) is 4.90 Å². The van der Waals surface area contributed by atoms with Gasteiger partial charge in [-0.05, 0) is 31.4 Å². The molecular formula is C13H19N. The standard InChI is InChI=1S/C13H19N/c1-11-8-13(9-11)14(2)10-12-6-4-3-5-7-12/h3-7,11,13H,8-10H2,1-2H3. The SMILES string of the molecule is CC1CC(N(C)Cc2ccccc2)C1. The van der Waals surface area contributed by atoms with Gasteiger partial charge >= 0.3 is 0 Å². The molecule has 14 heavy (non-hydrogen) atoms. The summed E-state index contributed by atoms with van der Waals surface area (Å²) in [6.07, 6.45) is 2.76. The molecule has 1 aliphatic rings. The summed E-state index contributed by atoms with van der Waals surface area (Å²) in [4.78, 5) is 2.48. The normalized spacial score (nSPS) is 26.2. The molecule has 2 rings (SSSR count). The summed E-state index contributed by atoms with van der Waals surface area (Å²) in [5, 5.41) is 0. The van der Waals surface area contributed by atoms with Gasteiger partial charge in [0.2, 0.25) is 0 Å². The molecule has 0 aliphatic heterocycles. The van der Waals surface area contributed by atoms with Gasteiger partial charge in [-0.1, -0.05) is 37.3 Å². The van der Waals surface area contributed by atoms with E-state index in [4.69, 9.17) is 0 Å². The molecule has 0 bridgehead atoms. The summed E-state index contributed by atoms with van der Waals surface area (Å²) in [5.41, 5.74) is 1.43. The van der Waals surface area contributed by atoms with Crippen LogP contribution in [-0.4, -0.2) is 18.0 Å². The van der Waals surface area contributed by atoms with Crippen molar-refractivity contribution < 1.29 is 0 Å². The fourth-order valence-corrected chi connectivity index (χ4v) is 2.22. The Hall–Kier alpha value is -0.820. The summed E-state index contributed by atoms with van der Waals surface area (Å²) in [6.45, 7) is 3.44. The quantitative estimate of drug-likeness (QED) is 0.706. The molecule has 1 fully saturated rings. The number of rotatable bonds is 3. The third kappa shape index (κ3) is 2.16. The monoisotopic (exact) mass is 189 g/mol. The van der Waals surface area contributed by atoms with E-state index in [0.29, 0.717) is 0 Å². The van der Waals surface area contributed by atoms with Crippen LogP contribution in [0.4, 0.5) is 0 Å². The summed E-state index contributed by atoms with van der Waals surface area (Å²) < 4.78 is 0. The van der Waals surface area contributed by atoms with Crippen molar-refractivity contribution in [1.29, 1.82) is 0 Å². The van der Waals surface area contributed by atoms with Gasteiger partial charge in [0.25, 0.3) is 0 Å². The van der Waals surface area contributed by atoms with Crippen molar-refractivity contribution in [2.75, 3.05) is 7.05 Å². The fourth-order valence-electron chi connectivity index (χ4n) is 2.22. The Bertz CT molecular complexity index is 275. The van der Waals surface area contributed by atoms with E-state index in [1.165, 1.54) is 18.4 Å². The summed E-state index contributed by atoms with van der Waals surface area (Å²) in [5.74, 6) is 0.943. The van der Waals surface area contributed by atoms with Crippen LogP contribution >= 0.6 is 0 Å². The predicted molar refractivity (Wildman–Crippen MR) is 60.1 cm³/mol. The molecule has 1 aromatic rings. The minimum absolute atomic E-state index is 0.824. The molecule has 1 aliphatic carbocycles. The van der Waals surface area contributed by atoms with Crippen LogP contribution < -0.4 is 0 Å². The van der Waals surface area contributed by atoms with Crippen molar-refractivity contribution in [2.45, 2.75) is 32.4 Å². The van der Waals surface area contributed by atoms with E-state index in [2.05, 4.69) is 49.2 Å². The second kappa shape index (κ2) is 4.14. The van der Waals surface area contributed by atoms with Crippen molar-refractivity contribution in [3.05, 3.63) is 35.9 Å². The van der Waals surface area contributed by atoms with Crippen LogP contribution in [0.15, 0.2) is 30.3 Å². The molecule has 0 amide bonds. The molecule has 0 radical (unpaired) electrons. The molecule has 0 heterocycles. The van der Waals surface area contributed by atoms with Gasteiger partial charge in [-0.2, -0.15) is 0 Å². The van der Waals surface area contributed by atoms with Crippen LogP contribution in [0.1, 0.15) is 25.3 Å². The Kier molecular flexibility index (Phi) is 2.87. The van der Waals surface area contributed by atoms with Crippen molar-refractivity contribution in [3.8, 4) is 0 Å². The van der Waals surface area contributed by atoms with Gasteiger partial charge in [0, 0.05) is 12.6 Å². The average molecular weight is 189 g/mol. The molecule has 1 nitrogen and oxygen atoms in total. The van der Waals surface area contributed by atoms with Crippen LogP contribution in [-0.2, 0) is 6.54 Å². The first-order valence-corrected chi connectivity index (χ1v) is 5.50. The summed E-state index contributed by atoms with van der Waals surface area (Å²) in [7, 11) is 2.24. The second-order valence-electron chi connectivity index (χ2n) is 4.63. The van der Waals surface area contributed by atoms with E-state index >= 15 is 0 Å². The first-order valence-electron chi connectivity index (χ1n) is 5.50. The molecule has 0 unspecified atom stereocenters. The fraction of sp³-hybridized carbons (Fsp3) is 0.538. The number of hydrogen-bond acceptors (Lipinski definition) is 1. The lowest BCUT2D eigenvalue weighted by Gasteiger charge is -2.39. The highest BCUT2D eigenvalue weighted by Gasteiger charge is 2.28. The van der Waals surface area contributed by atoms with Crippen LogP contribution in [0.3, 0.4) is 0 Å². The van der Waals surface area contributed by atoms with E-state index in [1.54, 1.807) is 0 Å². The molecule has 0 N–H and O–H groups in total. The number of hydrogen-bond donors (Lipinski definition) is 0.